The normalized spacial score (nSPS) is 10.6. The van der Waals surface area contributed by atoms with E-state index in [1.165, 1.54) is 12.1 Å². The summed E-state index contributed by atoms with van der Waals surface area (Å²) in [4.78, 5) is 1.96. The molecule has 0 aliphatic carbocycles. The first-order chi connectivity index (χ1) is 8.17. The van der Waals surface area contributed by atoms with Crippen molar-refractivity contribution in [2.75, 3.05) is 25.1 Å². The molecular formula is C13H20FNO2. The average molecular weight is 241 g/mol. The molecule has 1 aromatic rings. The van der Waals surface area contributed by atoms with E-state index in [0.717, 1.165) is 31.5 Å². The van der Waals surface area contributed by atoms with Gasteiger partial charge in [0.25, 0.3) is 0 Å². The molecule has 0 aliphatic rings. The highest BCUT2D eigenvalue weighted by atomic mass is 19.1. The molecule has 0 heterocycles. The first kappa shape index (κ1) is 13.9. The topological polar surface area (TPSA) is 43.7 Å². The van der Waals surface area contributed by atoms with E-state index >= 15 is 0 Å². The number of hydrogen-bond acceptors (Lipinski definition) is 3. The Labute approximate surface area is 101 Å². The van der Waals surface area contributed by atoms with Crippen LogP contribution in [-0.2, 0) is 6.61 Å². The van der Waals surface area contributed by atoms with E-state index in [0.29, 0.717) is 5.56 Å². The highest BCUT2D eigenvalue weighted by molar-refractivity contribution is 5.48. The zero-order valence-electron chi connectivity index (χ0n) is 10.2. The first-order valence-electron chi connectivity index (χ1n) is 5.89. The Kier molecular flexibility index (Phi) is 5.94. The van der Waals surface area contributed by atoms with Crippen molar-refractivity contribution < 1.29 is 14.6 Å². The molecule has 0 fully saturated rings. The van der Waals surface area contributed by atoms with Gasteiger partial charge in [-0.3, -0.25) is 0 Å². The number of benzene rings is 1. The van der Waals surface area contributed by atoms with Gasteiger partial charge in [0.05, 0.1) is 6.61 Å². The highest BCUT2D eigenvalue weighted by Crippen LogP contribution is 2.18. The van der Waals surface area contributed by atoms with E-state index < -0.39 is 0 Å². The van der Waals surface area contributed by atoms with Gasteiger partial charge < -0.3 is 15.1 Å². The molecule has 0 saturated carbocycles. The monoisotopic (exact) mass is 241 g/mol. The molecule has 0 aromatic heterocycles. The van der Waals surface area contributed by atoms with Crippen LogP contribution in [0.5, 0.6) is 0 Å². The summed E-state index contributed by atoms with van der Waals surface area (Å²) in [6, 6.07) is 4.59. The summed E-state index contributed by atoms with van der Waals surface area (Å²) in [6.45, 7) is 0.885. The van der Waals surface area contributed by atoms with Gasteiger partial charge in [0.2, 0.25) is 0 Å². The van der Waals surface area contributed by atoms with E-state index in [2.05, 4.69) is 0 Å². The molecule has 0 atom stereocenters. The van der Waals surface area contributed by atoms with E-state index in [1.54, 1.807) is 6.07 Å². The Morgan fingerprint density at radius 2 is 1.88 bits per heavy atom. The van der Waals surface area contributed by atoms with Crippen molar-refractivity contribution in [1.82, 2.24) is 0 Å². The summed E-state index contributed by atoms with van der Waals surface area (Å²) < 4.78 is 13.2. The highest BCUT2D eigenvalue weighted by Gasteiger charge is 2.04. The SMILES string of the molecule is CN(CCCCCO)c1cc(F)cc(CO)c1. The molecule has 0 spiro atoms. The molecule has 0 unspecified atom stereocenters. The molecule has 17 heavy (non-hydrogen) atoms. The second-order valence-corrected chi connectivity index (χ2v) is 4.18. The van der Waals surface area contributed by atoms with Gasteiger partial charge in [0, 0.05) is 25.9 Å². The average Bonchev–Trinajstić information content (AvgIpc) is 2.33. The number of rotatable bonds is 7. The molecule has 0 saturated heterocycles. The van der Waals surface area contributed by atoms with Crippen LogP contribution in [0.4, 0.5) is 10.1 Å². The van der Waals surface area contributed by atoms with Gasteiger partial charge in [-0.1, -0.05) is 0 Å². The molecule has 96 valence electrons. The lowest BCUT2D eigenvalue weighted by Crippen LogP contribution is -2.18. The molecule has 0 amide bonds. The number of unbranched alkanes of at least 4 members (excludes halogenated alkanes) is 2. The fraction of sp³-hybridized carbons (Fsp3) is 0.538. The minimum atomic E-state index is -0.325. The quantitative estimate of drug-likeness (QED) is 0.717. The molecule has 4 heteroatoms. The van der Waals surface area contributed by atoms with Crippen molar-refractivity contribution >= 4 is 5.69 Å². The van der Waals surface area contributed by atoms with Gasteiger partial charge in [0.15, 0.2) is 0 Å². The standard InChI is InChI=1S/C13H20FNO2/c1-15(5-3-2-4-6-16)13-8-11(10-17)7-12(14)9-13/h7-9,16-17H,2-6,10H2,1H3. The largest absolute Gasteiger partial charge is 0.396 e. The minimum absolute atomic E-state index is 0.150. The van der Waals surface area contributed by atoms with E-state index in [-0.39, 0.29) is 19.0 Å². The van der Waals surface area contributed by atoms with Crippen LogP contribution in [0.15, 0.2) is 18.2 Å². The number of nitrogens with zero attached hydrogens (tertiary/aromatic N) is 1. The van der Waals surface area contributed by atoms with Crippen molar-refractivity contribution in [3.8, 4) is 0 Å². The van der Waals surface area contributed by atoms with Crippen LogP contribution in [0.3, 0.4) is 0 Å². The summed E-state index contributed by atoms with van der Waals surface area (Å²) in [6.07, 6.45) is 2.73. The Morgan fingerprint density at radius 3 is 2.53 bits per heavy atom. The third-order valence-electron chi connectivity index (χ3n) is 2.72. The second kappa shape index (κ2) is 7.25. The molecule has 0 aliphatic heterocycles. The predicted octanol–water partition coefficient (Wildman–Crippen LogP) is 1.92. The zero-order chi connectivity index (χ0) is 12.7. The Morgan fingerprint density at radius 1 is 1.12 bits per heavy atom. The molecule has 1 aromatic carbocycles. The second-order valence-electron chi connectivity index (χ2n) is 4.18. The number of aliphatic hydroxyl groups excluding tert-OH is 2. The maximum Gasteiger partial charge on any atom is 0.125 e. The Balaban J connectivity index is 2.55. The molecule has 2 N–H and O–H groups in total. The van der Waals surface area contributed by atoms with Crippen molar-refractivity contribution in [3.05, 3.63) is 29.6 Å². The summed E-state index contributed by atoms with van der Waals surface area (Å²) in [5.74, 6) is -0.325. The smallest absolute Gasteiger partial charge is 0.125 e. The fourth-order valence-electron chi connectivity index (χ4n) is 1.71. The van der Waals surface area contributed by atoms with Crippen LogP contribution in [0.1, 0.15) is 24.8 Å². The molecule has 0 radical (unpaired) electrons. The molecule has 3 nitrogen and oxygen atoms in total. The van der Waals surface area contributed by atoms with Gasteiger partial charge >= 0.3 is 0 Å². The number of halogens is 1. The van der Waals surface area contributed by atoms with Crippen LogP contribution < -0.4 is 4.90 Å². The Bertz CT molecular complexity index is 344. The predicted molar refractivity (Wildman–Crippen MR) is 66.5 cm³/mol. The third kappa shape index (κ3) is 4.71. The van der Waals surface area contributed by atoms with Gasteiger partial charge in [-0.15, -0.1) is 0 Å². The summed E-state index contributed by atoms with van der Waals surface area (Å²) in [5, 5.41) is 17.7. The van der Waals surface area contributed by atoms with Crippen molar-refractivity contribution in [3.63, 3.8) is 0 Å². The fourth-order valence-corrected chi connectivity index (χ4v) is 1.71. The van der Waals surface area contributed by atoms with Gasteiger partial charge in [-0.2, -0.15) is 0 Å². The van der Waals surface area contributed by atoms with E-state index in [1.807, 2.05) is 11.9 Å². The van der Waals surface area contributed by atoms with Crippen molar-refractivity contribution in [2.45, 2.75) is 25.9 Å². The number of anilines is 1. The number of aliphatic hydroxyl groups is 2. The lowest BCUT2D eigenvalue weighted by atomic mass is 10.1. The molecule has 1 rings (SSSR count). The van der Waals surface area contributed by atoms with Gasteiger partial charge in [-0.25, -0.2) is 4.39 Å². The van der Waals surface area contributed by atoms with Crippen LogP contribution >= 0.6 is 0 Å². The van der Waals surface area contributed by atoms with Crippen LogP contribution in [0.2, 0.25) is 0 Å². The van der Waals surface area contributed by atoms with Crippen molar-refractivity contribution in [2.24, 2.45) is 0 Å². The van der Waals surface area contributed by atoms with Gasteiger partial charge in [0.1, 0.15) is 5.82 Å². The van der Waals surface area contributed by atoms with Crippen LogP contribution in [-0.4, -0.2) is 30.4 Å². The Hall–Kier alpha value is -1.13. The lowest BCUT2D eigenvalue weighted by molar-refractivity contribution is 0.281. The van der Waals surface area contributed by atoms with Crippen LogP contribution in [0, 0.1) is 5.82 Å². The van der Waals surface area contributed by atoms with Crippen molar-refractivity contribution in [1.29, 1.82) is 0 Å². The minimum Gasteiger partial charge on any atom is -0.396 e. The summed E-state index contributed by atoms with van der Waals surface area (Å²) in [5.41, 5.74) is 1.36. The van der Waals surface area contributed by atoms with E-state index in [9.17, 15) is 4.39 Å². The number of hydrogen-bond donors (Lipinski definition) is 2. The first-order valence-corrected chi connectivity index (χ1v) is 5.89. The lowest BCUT2D eigenvalue weighted by Gasteiger charge is -2.20. The maximum atomic E-state index is 13.2. The summed E-state index contributed by atoms with van der Waals surface area (Å²) in [7, 11) is 1.90. The molecular weight excluding hydrogens is 221 g/mol. The zero-order valence-corrected chi connectivity index (χ0v) is 10.2. The maximum absolute atomic E-state index is 13.2. The summed E-state index contributed by atoms with van der Waals surface area (Å²) >= 11 is 0. The van der Waals surface area contributed by atoms with Gasteiger partial charge in [-0.05, 0) is 43.0 Å². The van der Waals surface area contributed by atoms with E-state index in [4.69, 9.17) is 10.2 Å². The molecule has 0 bridgehead atoms. The third-order valence-corrected chi connectivity index (χ3v) is 2.72. The van der Waals surface area contributed by atoms with Crippen LogP contribution in [0.25, 0.3) is 0 Å².